The van der Waals surface area contributed by atoms with E-state index in [0.717, 1.165) is 0 Å². The van der Waals surface area contributed by atoms with Crippen LogP contribution in [0.15, 0.2) is 0 Å². The number of hydrogen-bond donors (Lipinski definition) is 1. The quantitative estimate of drug-likeness (QED) is 0.695. The molecule has 1 aliphatic heterocycles. The lowest BCUT2D eigenvalue weighted by molar-refractivity contribution is -0.122. The van der Waals surface area contributed by atoms with Crippen LogP contribution in [-0.2, 0) is 4.79 Å². The predicted octanol–water partition coefficient (Wildman–Crippen LogP) is 2.24. The molecule has 1 aliphatic rings. The van der Waals surface area contributed by atoms with Crippen LogP contribution in [0.2, 0.25) is 0 Å². The molecule has 0 radical (unpaired) electrons. The zero-order valence-electron chi connectivity index (χ0n) is 8.32. The normalized spacial score (nSPS) is 37.5. The van der Waals surface area contributed by atoms with Crippen molar-refractivity contribution in [1.29, 1.82) is 0 Å². The van der Waals surface area contributed by atoms with Crippen LogP contribution in [0.3, 0.4) is 0 Å². The van der Waals surface area contributed by atoms with E-state index in [9.17, 15) is 4.79 Å². The predicted molar refractivity (Wildman–Crippen MR) is 61.7 cm³/mol. The van der Waals surface area contributed by atoms with Crippen molar-refractivity contribution in [2.75, 3.05) is 0 Å². The van der Waals surface area contributed by atoms with Crippen LogP contribution in [-0.4, -0.2) is 26.5 Å². The van der Waals surface area contributed by atoms with Crippen LogP contribution in [0.5, 0.6) is 0 Å². The molecule has 1 rings (SSSR count). The third kappa shape index (κ3) is 2.00. The summed E-state index contributed by atoms with van der Waals surface area (Å²) >= 11 is 6.85. The molecule has 2 nitrogen and oxygen atoms in total. The first-order valence-electron chi connectivity index (χ1n) is 4.30. The minimum Gasteiger partial charge on any atom is -0.304 e. The second-order valence-corrected chi connectivity index (χ2v) is 6.53. The van der Waals surface area contributed by atoms with Crippen LogP contribution < -0.4 is 5.32 Å². The van der Waals surface area contributed by atoms with E-state index in [1.54, 1.807) is 0 Å². The lowest BCUT2D eigenvalue weighted by Crippen LogP contribution is -2.69. The average molecular weight is 313 g/mol. The molecule has 2 atom stereocenters. The van der Waals surface area contributed by atoms with E-state index >= 15 is 0 Å². The summed E-state index contributed by atoms with van der Waals surface area (Å²) in [6.07, 6.45) is 0. The molecule has 1 saturated heterocycles. The molecule has 0 aromatic carbocycles. The summed E-state index contributed by atoms with van der Waals surface area (Å²) in [7, 11) is 0. The van der Waals surface area contributed by atoms with Gasteiger partial charge in [0, 0.05) is 11.1 Å². The first-order valence-corrected chi connectivity index (χ1v) is 6.13. The van der Waals surface area contributed by atoms with Crippen molar-refractivity contribution in [2.24, 2.45) is 0 Å². The number of carbonyl (C=O) groups is 1. The van der Waals surface area contributed by atoms with Gasteiger partial charge in [-0.15, -0.1) is 0 Å². The van der Waals surface area contributed by atoms with Crippen molar-refractivity contribution in [3.63, 3.8) is 0 Å². The van der Waals surface area contributed by atoms with Gasteiger partial charge in [0.1, 0.15) is 0 Å². The molecule has 0 spiro atoms. The van der Waals surface area contributed by atoms with Gasteiger partial charge in [-0.05, 0) is 27.7 Å². The summed E-state index contributed by atoms with van der Waals surface area (Å²) in [5.41, 5.74) is -0.379. The molecule has 0 unspecified atom stereocenters. The van der Waals surface area contributed by atoms with E-state index in [-0.39, 0.29) is 26.5 Å². The monoisotopic (exact) mass is 311 g/mol. The third-order valence-corrected chi connectivity index (χ3v) is 5.60. The first kappa shape index (κ1) is 11.7. The van der Waals surface area contributed by atoms with E-state index in [2.05, 4.69) is 37.2 Å². The molecular weight excluding hydrogens is 298 g/mol. The molecule has 4 heteroatoms. The van der Waals surface area contributed by atoms with Crippen molar-refractivity contribution in [2.45, 2.75) is 48.4 Å². The van der Waals surface area contributed by atoms with Crippen molar-refractivity contribution in [1.82, 2.24) is 5.32 Å². The van der Waals surface area contributed by atoms with Gasteiger partial charge in [-0.25, -0.2) is 0 Å². The van der Waals surface area contributed by atoms with Gasteiger partial charge < -0.3 is 5.32 Å². The number of rotatable bonds is 0. The maximum Gasteiger partial charge on any atom is 0.163 e. The lowest BCUT2D eigenvalue weighted by atomic mass is 9.82. The minimum atomic E-state index is -0.190. The molecule has 1 fully saturated rings. The van der Waals surface area contributed by atoms with Gasteiger partial charge in [0.15, 0.2) is 5.78 Å². The average Bonchev–Trinajstić information content (AvgIpc) is 1.96. The molecule has 0 amide bonds. The van der Waals surface area contributed by atoms with Gasteiger partial charge in [0.2, 0.25) is 0 Å². The van der Waals surface area contributed by atoms with Crippen LogP contribution in [0.25, 0.3) is 0 Å². The summed E-state index contributed by atoms with van der Waals surface area (Å²) in [5, 5.41) is 3.45. The summed E-state index contributed by atoms with van der Waals surface area (Å²) < 4.78 is 0. The van der Waals surface area contributed by atoms with Crippen LogP contribution >= 0.6 is 31.9 Å². The minimum absolute atomic E-state index is 0.127. The van der Waals surface area contributed by atoms with E-state index in [0.29, 0.717) is 0 Å². The highest BCUT2D eigenvalue weighted by atomic mass is 79.9. The highest BCUT2D eigenvalue weighted by Gasteiger charge is 2.49. The molecule has 1 heterocycles. The standard InChI is InChI=1S/C9H15Br2NO/c1-8(2)6(10)5(13)7(11)9(3,4)12-8/h6-7,12H,1-4H3/t6-,7-/m0/s1. The Morgan fingerprint density at radius 3 is 1.69 bits per heavy atom. The summed E-state index contributed by atoms with van der Waals surface area (Å²) in [5.74, 6) is 0.216. The van der Waals surface area contributed by atoms with Gasteiger partial charge in [0.05, 0.1) is 9.65 Å². The van der Waals surface area contributed by atoms with Gasteiger partial charge in [-0.3, -0.25) is 4.79 Å². The number of halogens is 2. The highest BCUT2D eigenvalue weighted by Crippen LogP contribution is 2.34. The smallest absolute Gasteiger partial charge is 0.163 e. The fourth-order valence-corrected chi connectivity index (χ4v) is 2.91. The number of piperidine rings is 1. The van der Waals surface area contributed by atoms with Crippen molar-refractivity contribution < 1.29 is 4.79 Å². The Kier molecular flexibility index (Phi) is 2.97. The number of nitrogens with one attached hydrogen (secondary N) is 1. The molecule has 0 bridgehead atoms. The molecule has 13 heavy (non-hydrogen) atoms. The SMILES string of the molecule is CC1(C)NC(C)(C)[C@@H](Br)C(=O)[C@@H]1Br. The Balaban J connectivity index is 3.00. The summed E-state index contributed by atoms with van der Waals surface area (Å²) in [6, 6.07) is 0. The van der Waals surface area contributed by atoms with Gasteiger partial charge in [-0.1, -0.05) is 31.9 Å². The third-order valence-electron chi connectivity index (χ3n) is 2.41. The van der Waals surface area contributed by atoms with Crippen molar-refractivity contribution >= 4 is 37.6 Å². The summed E-state index contributed by atoms with van der Waals surface area (Å²) in [4.78, 5) is 11.6. The fraction of sp³-hybridized carbons (Fsp3) is 0.889. The molecule has 0 aromatic heterocycles. The molecule has 1 N–H and O–H groups in total. The van der Waals surface area contributed by atoms with Crippen molar-refractivity contribution in [3.8, 4) is 0 Å². The van der Waals surface area contributed by atoms with Crippen LogP contribution in [0, 0.1) is 0 Å². The zero-order valence-corrected chi connectivity index (χ0v) is 11.5. The Bertz CT molecular complexity index is 216. The van der Waals surface area contributed by atoms with Crippen molar-refractivity contribution in [3.05, 3.63) is 0 Å². The Labute approximate surface area is 96.1 Å². The zero-order chi connectivity index (χ0) is 10.4. The van der Waals surface area contributed by atoms with E-state index in [1.165, 1.54) is 0 Å². The fourth-order valence-electron chi connectivity index (χ4n) is 1.80. The topological polar surface area (TPSA) is 29.1 Å². The number of Topliss-reactive ketones (excluding diaryl/α,β-unsaturated/α-hetero) is 1. The van der Waals surface area contributed by atoms with Crippen LogP contribution in [0.4, 0.5) is 0 Å². The largest absolute Gasteiger partial charge is 0.304 e. The van der Waals surface area contributed by atoms with Gasteiger partial charge in [0.25, 0.3) is 0 Å². The van der Waals surface area contributed by atoms with E-state index < -0.39 is 0 Å². The molecular formula is C9H15Br2NO. The van der Waals surface area contributed by atoms with Crippen LogP contribution in [0.1, 0.15) is 27.7 Å². The first-order chi connectivity index (χ1) is 5.68. The Hall–Kier alpha value is 0.590. The summed E-state index contributed by atoms with van der Waals surface area (Å²) in [6.45, 7) is 8.13. The maximum absolute atomic E-state index is 11.8. The second kappa shape index (κ2) is 3.31. The molecule has 0 saturated carbocycles. The highest BCUT2D eigenvalue weighted by molar-refractivity contribution is 9.10. The molecule has 0 aromatic rings. The number of alkyl halides is 2. The van der Waals surface area contributed by atoms with E-state index in [4.69, 9.17) is 0 Å². The lowest BCUT2D eigenvalue weighted by Gasteiger charge is -2.47. The van der Waals surface area contributed by atoms with Gasteiger partial charge in [-0.2, -0.15) is 0 Å². The number of ketones is 1. The molecule has 76 valence electrons. The Morgan fingerprint density at radius 1 is 1.08 bits per heavy atom. The Morgan fingerprint density at radius 2 is 1.38 bits per heavy atom. The van der Waals surface area contributed by atoms with Gasteiger partial charge >= 0.3 is 0 Å². The number of hydrogen-bond acceptors (Lipinski definition) is 2. The second-order valence-electron chi connectivity index (χ2n) is 4.70. The molecule has 0 aliphatic carbocycles. The maximum atomic E-state index is 11.8. The van der Waals surface area contributed by atoms with E-state index in [1.807, 2.05) is 27.7 Å². The number of carbonyl (C=O) groups excluding carboxylic acids is 1.